The summed E-state index contributed by atoms with van der Waals surface area (Å²) in [5.74, 6) is 0. The van der Waals surface area contributed by atoms with Gasteiger partial charge in [0.05, 0.1) is 13.2 Å². The molecule has 0 saturated carbocycles. The van der Waals surface area contributed by atoms with E-state index < -0.39 is 5.41 Å². The van der Waals surface area contributed by atoms with Crippen LogP contribution in [0.5, 0.6) is 0 Å². The van der Waals surface area contributed by atoms with Crippen molar-refractivity contribution in [2.75, 3.05) is 13.2 Å². The minimum absolute atomic E-state index is 0.00761. The van der Waals surface area contributed by atoms with Gasteiger partial charge in [-0.2, -0.15) is 0 Å². The van der Waals surface area contributed by atoms with Crippen molar-refractivity contribution < 1.29 is 10.2 Å². The second kappa shape index (κ2) is 4.53. The molecule has 2 nitrogen and oxygen atoms in total. The molecule has 2 rings (SSSR count). The molecule has 0 aliphatic carbocycles. The number of fused-ring (bicyclic) bond motifs is 1. The fourth-order valence-corrected chi connectivity index (χ4v) is 2.75. The maximum atomic E-state index is 9.30. The summed E-state index contributed by atoms with van der Waals surface area (Å²) in [6, 6.07) is 8.24. The predicted octanol–water partition coefficient (Wildman–Crippen LogP) is 2.43. The van der Waals surface area contributed by atoms with Crippen molar-refractivity contribution >= 4 is 21.4 Å². The van der Waals surface area contributed by atoms with E-state index in [0.717, 1.165) is 0 Å². The Morgan fingerprint density at radius 1 is 1.19 bits per heavy atom. The molecule has 16 heavy (non-hydrogen) atoms. The van der Waals surface area contributed by atoms with Crippen LogP contribution in [0.2, 0.25) is 0 Å². The average molecular weight is 236 g/mol. The second-order valence-corrected chi connectivity index (χ2v) is 5.47. The Morgan fingerprint density at radius 2 is 1.88 bits per heavy atom. The highest BCUT2D eigenvalue weighted by Crippen LogP contribution is 2.31. The van der Waals surface area contributed by atoms with Gasteiger partial charge in [-0.1, -0.05) is 25.1 Å². The molecule has 0 saturated heterocycles. The van der Waals surface area contributed by atoms with Crippen LogP contribution >= 0.6 is 11.3 Å². The first-order valence-corrected chi connectivity index (χ1v) is 6.23. The van der Waals surface area contributed by atoms with Gasteiger partial charge in [0.25, 0.3) is 0 Å². The average Bonchev–Trinajstić information content (AvgIpc) is 2.73. The smallest absolute Gasteiger partial charge is 0.0509 e. The van der Waals surface area contributed by atoms with Crippen LogP contribution in [0.4, 0.5) is 0 Å². The molecule has 2 aromatic rings. The van der Waals surface area contributed by atoms with Crippen molar-refractivity contribution in [3.8, 4) is 0 Å². The van der Waals surface area contributed by atoms with E-state index in [0.29, 0.717) is 6.42 Å². The first kappa shape index (κ1) is 11.6. The molecular formula is C13H16O2S. The molecule has 1 aromatic carbocycles. The van der Waals surface area contributed by atoms with Gasteiger partial charge in [-0.3, -0.25) is 0 Å². The minimum Gasteiger partial charge on any atom is -0.396 e. The molecule has 0 aliphatic rings. The van der Waals surface area contributed by atoms with Crippen molar-refractivity contribution in [1.29, 1.82) is 0 Å². The molecule has 0 aliphatic heterocycles. The van der Waals surface area contributed by atoms with Crippen LogP contribution in [0.3, 0.4) is 0 Å². The molecule has 0 fully saturated rings. The lowest BCUT2D eigenvalue weighted by Gasteiger charge is -2.24. The summed E-state index contributed by atoms with van der Waals surface area (Å²) < 4.78 is 1.26. The second-order valence-electron chi connectivity index (χ2n) is 4.56. The van der Waals surface area contributed by atoms with Crippen LogP contribution in [-0.2, 0) is 6.42 Å². The van der Waals surface area contributed by atoms with E-state index >= 15 is 0 Å². The Bertz CT molecular complexity index is 471. The highest BCUT2D eigenvalue weighted by molar-refractivity contribution is 7.17. The summed E-state index contributed by atoms with van der Waals surface area (Å²) in [5, 5.41) is 22.0. The zero-order valence-electron chi connectivity index (χ0n) is 9.31. The first-order chi connectivity index (χ1) is 7.68. The molecule has 86 valence electrons. The number of benzene rings is 1. The van der Waals surface area contributed by atoms with Crippen molar-refractivity contribution in [1.82, 2.24) is 0 Å². The summed E-state index contributed by atoms with van der Waals surface area (Å²) in [6.45, 7) is 1.92. The van der Waals surface area contributed by atoms with Gasteiger partial charge in [0.15, 0.2) is 0 Å². The Balaban J connectivity index is 2.34. The van der Waals surface area contributed by atoms with Crippen molar-refractivity contribution in [2.24, 2.45) is 5.41 Å². The third-order valence-electron chi connectivity index (χ3n) is 2.94. The zero-order valence-corrected chi connectivity index (χ0v) is 10.1. The third kappa shape index (κ3) is 2.12. The monoisotopic (exact) mass is 236 g/mol. The number of aliphatic hydroxyl groups is 2. The molecule has 3 heteroatoms. The SMILES string of the molecule is CC(CO)(CO)Cc1csc2ccccc12. The van der Waals surface area contributed by atoms with Gasteiger partial charge in [-0.15, -0.1) is 11.3 Å². The summed E-state index contributed by atoms with van der Waals surface area (Å²) in [7, 11) is 0. The molecule has 2 N–H and O–H groups in total. The molecule has 1 heterocycles. The Morgan fingerprint density at radius 3 is 2.56 bits per heavy atom. The van der Waals surface area contributed by atoms with E-state index in [-0.39, 0.29) is 13.2 Å². The molecular weight excluding hydrogens is 220 g/mol. The molecule has 0 bridgehead atoms. The van der Waals surface area contributed by atoms with Crippen molar-refractivity contribution in [3.05, 3.63) is 35.2 Å². The lowest BCUT2D eigenvalue weighted by Crippen LogP contribution is -2.28. The molecule has 0 unspecified atom stereocenters. The van der Waals surface area contributed by atoms with Crippen LogP contribution in [0.25, 0.3) is 10.1 Å². The van der Waals surface area contributed by atoms with Gasteiger partial charge in [0, 0.05) is 10.1 Å². The van der Waals surface area contributed by atoms with E-state index in [1.165, 1.54) is 15.6 Å². The molecule has 0 radical (unpaired) electrons. The zero-order chi connectivity index (χ0) is 11.6. The number of hydrogen-bond donors (Lipinski definition) is 2. The largest absolute Gasteiger partial charge is 0.396 e. The van der Waals surface area contributed by atoms with Gasteiger partial charge in [0.1, 0.15) is 0 Å². The first-order valence-electron chi connectivity index (χ1n) is 5.35. The Hall–Kier alpha value is -0.900. The van der Waals surface area contributed by atoms with Crippen LogP contribution in [-0.4, -0.2) is 23.4 Å². The van der Waals surface area contributed by atoms with Crippen LogP contribution in [0.15, 0.2) is 29.6 Å². The highest BCUT2D eigenvalue weighted by Gasteiger charge is 2.24. The molecule has 0 amide bonds. The number of aliphatic hydroxyl groups excluding tert-OH is 2. The van der Waals surface area contributed by atoms with E-state index in [9.17, 15) is 10.2 Å². The number of rotatable bonds is 4. The molecule has 0 spiro atoms. The molecule has 0 atom stereocenters. The highest BCUT2D eigenvalue weighted by atomic mass is 32.1. The lowest BCUT2D eigenvalue weighted by molar-refractivity contribution is 0.0707. The fourth-order valence-electron chi connectivity index (χ4n) is 1.79. The van der Waals surface area contributed by atoms with E-state index in [2.05, 4.69) is 17.5 Å². The number of hydrogen-bond acceptors (Lipinski definition) is 3. The standard InChI is InChI=1S/C13H16O2S/c1-13(8-14,9-15)6-10-7-16-12-5-3-2-4-11(10)12/h2-5,7,14-15H,6,8-9H2,1H3. The lowest BCUT2D eigenvalue weighted by atomic mass is 9.85. The van der Waals surface area contributed by atoms with Crippen LogP contribution < -0.4 is 0 Å². The summed E-state index contributed by atoms with van der Waals surface area (Å²) in [4.78, 5) is 0. The van der Waals surface area contributed by atoms with Gasteiger partial charge >= 0.3 is 0 Å². The summed E-state index contributed by atoms with van der Waals surface area (Å²) >= 11 is 1.71. The fraction of sp³-hybridized carbons (Fsp3) is 0.385. The normalized spacial score (nSPS) is 12.2. The molecule has 1 aromatic heterocycles. The minimum atomic E-state index is -0.427. The van der Waals surface area contributed by atoms with Crippen molar-refractivity contribution in [2.45, 2.75) is 13.3 Å². The van der Waals surface area contributed by atoms with Gasteiger partial charge in [-0.25, -0.2) is 0 Å². The number of thiophene rings is 1. The summed E-state index contributed by atoms with van der Waals surface area (Å²) in [5.41, 5.74) is 0.787. The van der Waals surface area contributed by atoms with Gasteiger partial charge in [0.2, 0.25) is 0 Å². The summed E-state index contributed by atoms with van der Waals surface area (Å²) in [6.07, 6.45) is 0.712. The topological polar surface area (TPSA) is 40.5 Å². The maximum absolute atomic E-state index is 9.30. The van der Waals surface area contributed by atoms with Gasteiger partial charge < -0.3 is 10.2 Å². The van der Waals surface area contributed by atoms with Crippen LogP contribution in [0.1, 0.15) is 12.5 Å². The predicted molar refractivity (Wildman–Crippen MR) is 67.8 cm³/mol. The Kier molecular flexibility index (Phi) is 3.28. The van der Waals surface area contributed by atoms with E-state index in [1.54, 1.807) is 11.3 Å². The van der Waals surface area contributed by atoms with Gasteiger partial charge in [-0.05, 0) is 28.8 Å². The van der Waals surface area contributed by atoms with E-state index in [4.69, 9.17) is 0 Å². The van der Waals surface area contributed by atoms with Crippen LogP contribution in [0, 0.1) is 5.41 Å². The third-order valence-corrected chi connectivity index (χ3v) is 3.95. The van der Waals surface area contributed by atoms with Crippen molar-refractivity contribution in [3.63, 3.8) is 0 Å². The Labute approximate surface area is 99.2 Å². The maximum Gasteiger partial charge on any atom is 0.0509 e. The quantitative estimate of drug-likeness (QED) is 0.856. The van der Waals surface area contributed by atoms with E-state index in [1.807, 2.05) is 19.1 Å².